The minimum atomic E-state index is -0.970. The van der Waals surface area contributed by atoms with E-state index in [1.165, 1.54) is 11.8 Å². The maximum absolute atomic E-state index is 14.0. The van der Waals surface area contributed by atoms with Crippen molar-refractivity contribution in [3.8, 4) is 10.4 Å². The van der Waals surface area contributed by atoms with Crippen LogP contribution in [0.5, 0.6) is 0 Å². The number of amides is 4. The number of pyridine rings is 2. The van der Waals surface area contributed by atoms with Gasteiger partial charge in [-0.3, -0.25) is 33.3 Å². The summed E-state index contributed by atoms with van der Waals surface area (Å²) in [6.07, 6.45) is 6.45. The summed E-state index contributed by atoms with van der Waals surface area (Å²) < 4.78 is 7.40. The summed E-state index contributed by atoms with van der Waals surface area (Å²) in [5.41, 5.74) is 5.84. The van der Waals surface area contributed by atoms with Crippen molar-refractivity contribution in [1.29, 1.82) is 0 Å². The number of nitrogens with one attached hydrogen (secondary N) is 3. The average molecular weight is 1000 g/mol. The molecule has 1 aliphatic carbocycles. The third kappa shape index (κ3) is 11.8. The standard InChI is InChI=1S/C52H65N11O8S/c1-31-39-28-55-51(59-47(39)63(36-9-7-8-10-36)49(69)44(31)33(3)64)57-41-16-15-37(27-53-41)60-19-21-61(22-20-60)43(67)18-24-71-23-17-42(66)58-46(52(4,5)6)50(70)62-29-38(65)25-40(62)48(68)54-26-34-11-13-35(14-12-34)45-32(2)56-30-72-45/h11-16,27-28,30,36,38,40,46,65H,7-10,17-26,29H2,1-6H3,(H,54,68)(H,58,66)(H,53,55,57,59)/t38-,40+,46?/m1/s1. The number of thiazole rings is 1. The third-order valence-corrected chi connectivity index (χ3v) is 14.9. The van der Waals surface area contributed by atoms with Gasteiger partial charge in [0.2, 0.25) is 29.6 Å². The van der Waals surface area contributed by atoms with E-state index in [4.69, 9.17) is 9.72 Å². The highest BCUT2D eigenvalue weighted by molar-refractivity contribution is 7.13. The fourth-order valence-corrected chi connectivity index (χ4v) is 10.7. The van der Waals surface area contributed by atoms with Gasteiger partial charge in [0.15, 0.2) is 5.78 Å². The number of benzene rings is 1. The van der Waals surface area contributed by atoms with E-state index >= 15 is 0 Å². The van der Waals surface area contributed by atoms with Crippen LogP contribution >= 0.6 is 11.3 Å². The number of aromatic nitrogens is 5. The molecule has 3 fully saturated rings. The summed E-state index contributed by atoms with van der Waals surface area (Å²) in [6, 6.07) is 9.72. The second-order valence-electron chi connectivity index (χ2n) is 20.1. The van der Waals surface area contributed by atoms with E-state index in [2.05, 4.69) is 35.8 Å². The molecule has 1 unspecified atom stereocenters. The highest BCUT2D eigenvalue weighted by Crippen LogP contribution is 2.33. The molecular weight excluding hydrogens is 939 g/mol. The van der Waals surface area contributed by atoms with Gasteiger partial charge in [0.25, 0.3) is 5.56 Å². The van der Waals surface area contributed by atoms with E-state index in [-0.39, 0.29) is 80.3 Å². The molecule has 4 amide bonds. The Bertz CT molecular complexity index is 2850. The van der Waals surface area contributed by atoms with Gasteiger partial charge in [-0.2, -0.15) is 4.98 Å². The van der Waals surface area contributed by atoms with Gasteiger partial charge in [-0.15, -0.1) is 11.3 Å². The molecule has 0 radical (unpaired) electrons. The number of fused-ring (bicyclic) bond motifs is 1. The van der Waals surface area contributed by atoms with Crippen molar-refractivity contribution in [2.24, 2.45) is 5.41 Å². The van der Waals surface area contributed by atoms with Crippen molar-refractivity contribution >= 4 is 69.2 Å². The van der Waals surface area contributed by atoms with Crippen LogP contribution in [0.15, 0.2) is 59.1 Å². The molecule has 19 nitrogen and oxygen atoms in total. The molecule has 2 saturated heterocycles. The fraction of sp³-hybridized carbons (Fsp3) is 0.500. The number of hydrogen-bond donors (Lipinski definition) is 4. The summed E-state index contributed by atoms with van der Waals surface area (Å²) in [6.45, 7) is 13.3. The lowest BCUT2D eigenvalue weighted by molar-refractivity contribution is -0.144. The molecule has 5 aromatic rings. The Morgan fingerprint density at radius 3 is 2.29 bits per heavy atom. The van der Waals surface area contributed by atoms with Crippen LogP contribution in [0.2, 0.25) is 0 Å². The Balaban J connectivity index is 0.761. The highest BCUT2D eigenvalue weighted by Gasteiger charge is 2.44. The topological polar surface area (TPSA) is 234 Å². The van der Waals surface area contributed by atoms with Gasteiger partial charge in [0, 0.05) is 69.7 Å². The summed E-state index contributed by atoms with van der Waals surface area (Å²) >= 11 is 1.57. The molecule has 6 heterocycles. The number of anilines is 3. The lowest BCUT2D eigenvalue weighted by Gasteiger charge is -2.36. The van der Waals surface area contributed by atoms with Crippen LogP contribution in [0.1, 0.15) is 106 Å². The molecule has 4 aromatic heterocycles. The summed E-state index contributed by atoms with van der Waals surface area (Å²) in [7, 11) is 0. The van der Waals surface area contributed by atoms with Gasteiger partial charge < -0.3 is 40.5 Å². The Kier molecular flexibility index (Phi) is 16.1. The predicted molar refractivity (Wildman–Crippen MR) is 274 cm³/mol. The smallest absolute Gasteiger partial charge is 0.263 e. The zero-order valence-corrected chi connectivity index (χ0v) is 42.7. The van der Waals surface area contributed by atoms with Crippen molar-refractivity contribution in [3.05, 3.63) is 87.0 Å². The number of nitrogens with zero attached hydrogens (tertiary/aromatic N) is 8. The van der Waals surface area contributed by atoms with E-state index in [9.17, 15) is 33.9 Å². The normalized spacial score (nSPS) is 17.8. The number of hydrogen-bond acceptors (Lipinski definition) is 15. The van der Waals surface area contributed by atoms with Crippen molar-refractivity contribution in [3.63, 3.8) is 0 Å². The number of ketones is 1. The second-order valence-corrected chi connectivity index (χ2v) is 20.9. The van der Waals surface area contributed by atoms with Gasteiger partial charge in [0.05, 0.1) is 59.3 Å². The quantitative estimate of drug-likeness (QED) is 0.0689. The average Bonchev–Trinajstić information content (AvgIpc) is 4.14. The Labute approximate surface area is 422 Å². The van der Waals surface area contributed by atoms with Crippen LogP contribution in [0, 0.1) is 19.3 Å². The Morgan fingerprint density at radius 1 is 0.917 bits per heavy atom. The van der Waals surface area contributed by atoms with Crippen LogP contribution < -0.4 is 26.4 Å². The van der Waals surface area contributed by atoms with Gasteiger partial charge >= 0.3 is 0 Å². The molecule has 0 spiro atoms. The minimum absolute atomic E-state index is 0.0273. The molecule has 4 N–H and O–H groups in total. The van der Waals surface area contributed by atoms with Crippen molar-refractivity contribution in [2.75, 3.05) is 56.2 Å². The number of carbonyl (C=O) groups is 5. The van der Waals surface area contributed by atoms with Crippen LogP contribution in [-0.4, -0.2) is 133 Å². The first-order chi connectivity index (χ1) is 34.5. The van der Waals surface area contributed by atoms with Crippen LogP contribution in [0.25, 0.3) is 21.5 Å². The first-order valence-corrected chi connectivity index (χ1v) is 25.7. The molecule has 3 aliphatic rings. The Morgan fingerprint density at radius 2 is 1.64 bits per heavy atom. The maximum Gasteiger partial charge on any atom is 0.263 e. The molecule has 1 saturated carbocycles. The summed E-state index contributed by atoms with van der Waals surface area (Å²) in [5.74, 6) is -0.745. The van der Waals surface area contributed by atoms with E-state index in [1.807, 2.05) is 69.6 Å². The second kappa shape index (κ2) is 22.4. The van der Waals surface area contributed by atoms with Gasteiger partial charge in [-0.1, -0.05) is 57.9 Å². The number of Topliss-reactive ketones (excluding diaryl/α,β-unsaturated/α-hetero) is 1. The molecular formula is C52H65N11O8S. The van der Waals surface area contributed by atoms with Crippen LogP contribution in [-0.2, 0) is 30.5 Å². The van der Waals surface area contributed by atoms with Crippen LogP contribution in [0.3, 0.4) is 0 Å². The number of carbonyl (C=O) groups excluding carboxylic acids is 5. The zero-order chi connectivity index (χ0) is 51.3. The molecule has 8 rings (SSSR count). The molecule has 72 heavy (non-hydrogen) atoms. The monoisotopic (exact) mass is 1000 g/mol. The van der Waals surface area contributed by atoms with E-state index in [1.54, 1.807) is 40.1 Å². The first-order valence-electron chi connectivity index (χ1n) is 24.8. The number of ether oxygens (including phenoxy) is 1. The van der Waals surface area contributed by atoms with E-state index < -0.39 is 35.4 Å². The number of aliphatic hydroxyl groups is 1. The first kappa shape index (κ1) is 51.7. The van der Waals surface area contributed by atoms with Crippen molar-refractivity contribution in [2.45, 2.75) is 117 Å². The maximum atomic E-state index is 14.0. The number of β-amino-alcohol motifs (C(OH)–C–C–N with tert-alkyl or cyclic N) is 1. The molecule has 3 atom stereocenters. The van der Waals surface area contributed by atoms with Gasteiger partial charge in [-0.25, -0.2) is 15.0 Å². The lowest BCUT2D eigenvalue weighted by atomic mass is 9.85. The third-order valence-electron chi connectivity index (χ3n) is 13.9. The molecule has 382 valence electrons. The molecule has 0 bridgehead atoms. The number of rotatable bonds is 17. The molecule has 1 aromatic carbocycles. The summed E-state index contributed by atoms with van der Waals surface area (Å²) in [4.78, 5) is 105. The minimum Gasteiger partial charge on any atom is -0.391 e. The van der Waals surface area contributed by atoms with Gasteiger partial charge in [-0.05, 0) is 67.9 Å². The largest absolute Gasteiger partial charge is 0.391 e. The van der Waals surface area contributed by atoms with E-state index in [0.29, 0.717) is 54.5 Å². The predicted octanol–water partition coefficient (Wildman–Crippen LogP) is 5.24. The highest BCUT2D eigenvalue weighted by atomic mass is 32.1. The molecule has 2 aliphatic heterocycles. The SMILES string of the molecule is CC(=O)c1c(C)c2cnc(Nc3ccc(N4CCN(C(=O)CCOCCC(=O)NC(C(=O)N5C[C@H](O)C[C@H]5C(=O)NCc5ccc(-c6scnc6C)cc5)C(C)(C)C)CC4)cn3)nc2n(C2CCCC2)c1=O. The van der Waals surface area contributed by atoms with E-state index in [0.717, 1.165) is 53.1 Å². The number of likely N-dealkylation sites (tertiary alicyclic amines) is 1. The van der Waals surface area contributed by atoms with Gasteiger partial charge in [0.1, 0.15) is 23.5 Å². The number of piperazine rings is 1. The fourth-order valence-electron chi connectivity index (χ4n) is 9.88. The molecule has 20 heteroatoms. The lowest BCUT2D eigenvalue weighted by Crippen LogP contribution is -2.57. The summed E-state index contributed by atoms with van der Waals surface area (Å²) in [5, 5.41) is 20.2. The number of aryl methyl sites for hydroxylation is 2. The van der Waals surface area contributed by atoms with Crippen molar-refractivity contribution in [1.82, 2.24) is 44.9 Å². The van der Waals surface area contributed by atoms with Crippen molar-refractivity contribution < 1.29 is 33.8 Å². The van der Waals surface area contributed by atoms with Crippen LogP contribution in [0.4, 0.5) is 17.5 Å². The number of aliphatic hydroxyl groups excluding tert-OH is 1. The Hall–Kier alpha value is -6.64. The zero-order valence-electron chi connectivity index (χ0n) is 41.9.